The SMILES string of the molecule is CN(c1ccccc1)c1ccc([N+](=O)[O-])c(NCCN2CCOCC2)n1. The Morgan fingerprint density at radius 1 is 1.23 bits per heavy atom. The van der Waals surface area contributed by atoms with Gasteiger partial charge in [-0.05, 0) is 18.2 Å². The first-order valence-corrected chi connectivity index (χ1v) is 8.63. The van der Waals surface area contributed by atoms with Crippen molar-refractivity contribution in [3.8, 4) is 0 Å². The lowest BCUT2D eigenvalue weighted by Crippen LogP contribution is -2.39. The molecule has 1 aliphatic rings. The Bertz CT molecular complexity index is 735. The van der Waals surface area contributed by atoms with Crippen molar-refractivity contribution in [3.05, 3.63) is 52.6 Å². The molecule has 3 rings (SSSR count). The minimum atomic E-state index is -0.406. The first kappa shape index (κ1) is 18.1. The minimum absolute atomic E-state index is 0.0165. The fourth-order valence-electron chi connectivity index (χ4n) is 2.85. The Morgan fingerprint density at radius 2 is 1.96 bits per heavy atom. The van der Waals surface area contributed by atoms with E-state index in [-0.39, 0.29) is 5.69 Å². The van der Waals surface area contributed by atoms with Gasteiger partial charge in [0.1, 0.15) is 5.82 Å². The summed E-state index contributed by atoms with van der Waals surface area (Å²) in [7, 11) is 1.89. The molecule has 0 radical (unpaired) electrons. The van der Waals surface area contributed by atoms with Gasteiger partial charge in [-0.2, -0.15) is 0 Å². The highest BCUT2D eigenvalue weighted by Crippen LogP contribution is 2.28. The third-order valence-corrected chi connectivity index (χ3v) is 4.37. The molecule has 0 aliphatic carbocycles. The van der Waals surface area contributed by atoms with E-state index in [1.807, 2.05) is 42.3 Å². The Morgan fingerprint density at radius 3 is 2.65 bits per heavy atom. The van der Waals surface area contributed by atoms with Crippen molar-refractivity contribution in [2.45, 2.75) is 0 Å². The Balaban J connectivity index is 1.72. The summed E-state index contributed by atoms with van der Waals surface area (Å²) in [4.78, 5) is 19.6. The van der Waals surface area contributed by atoms with E-state index in [2.05, 4.69) is 15.2 Å². The number of hydrogen-bond donors (Lipinski definition) is 1. The van der Waals surface area contributed by atoms with Gasteiger partial charge in [0.2, 0.25) is 5.82 Å². The normalized spacial score (nSPS) is 14.8. The molecular weight excluding hydrogens is 334 g/mol. The molecule has 1 aromatic carbocycles. The van der Waals surface area contributed by atoms with E-state index >= 15 is 0 Å². The summed E-state index contributed by atoms with van der Waals surface area (Å²) in [6.45, 7) is 4.61. The number of aromatic nitrogens is 1. The van der Waals surface area contributed by atoms with Gasteiger partial charge in [-0.3, -0.25) is 15.0 Å². The van der Waals surface area contributed by atoms with Gasteiger partial charge in [0, 0.05) is 45.0 Å². The van der Waals surface area contributed by atoms with Crippen LogP contribution >= 0.6 is 0 Å². The Kier molecular flexibility index (Phi) is 5.98. The summed E-state index contributed by atoms with van der Waals surface area (Å²) in [5, 5.41) is 14.4. The molecule has 1 N–H and O–H groups in total. The van der Waals surface area contributed by atoms with Crippen molar-refractivity contribution in [2.75, 3.05) is 56.7 Å². The molecule has 8 nitrogen and oxygen atoms in total. The van der Waals surface area contributed by atoms with E-state index in [4.69, 9.17) is 4.74 Å². The van der Waals surface area contributed by atoms with Gasteiger partial charge >= 0.3 is 5.69 Å². The smallest absolute Gasteiger partial charge is 0.311 e. The molecule has 1 aromatic heterocycles. The first-order chi connectivity index (χ1) is 12.6. The zero-order chi connectivity index (χ0) is 18.4. The highest BCUT2D eigenvalue weighted by Gasteiger charge is 2.18. The van der Waals surface area contributed by atoms with E-state index in [1.54, 1.807) is 6.07 Å². The molecule has 0 atom stereocenters. The lowest BCUT2D eigenvalue weighted by molar-refractivity contribution is -0.384. The van der Waals surface area contributed by atoms with Gasteiger partial charge in [0.25, 0.3) is 0 Å². The predicted octanol–water partition coefficient (Wildman–Crippen LogP) is 2.50. The molecule has 0 unspecified atom stereocenters. The molecule has 2 aromatic rings. The number of morpholine rings is 1. The van der Waals surface area contributed by atoms with Gasteiger partial charge in [0.15, 0.2) is 0 Å². The summed E-state index contributed by atoms with van der Waals surface area (Å²) in [5.41, 5.74) is 0.949. The van der Waals surface area contributed by atoms with E-state index < -0.39 is 4.92 Å². The number of rotatable bonds is 7. The number of anilines is 3. The number of para-hydroxylation sites is 1. The van der Waals surface area contributed by atoms with Gasteiger partial charge < -0.3 is 15.0 Å². The second kappa shape index (κ2) is 8.59. The third kappa shape index (κ3) is 4.47. The maximum Gasteiger partial charge on any atom is 0.311 e. The van der Waals surface area contributed by atoms with Crippen molar-refractivity contribution >= 4 is 23.0 Å². The number of hydrogen-bond acceptors (Lipinski definition) is 7. The number of nitro groups is 1. The standard InChI is InChI=1S/C18H23N5O3/c1-21(15-5-3-2-4-6-15)17-8-7-16(23(24)25)18(20-17)19-9-10-22-11-13-26-14-12-22/h2-8H,9-14H2,1H3,(H,19,20). The lowest BCUT2D eigenvalue weighted by atomic mass is 10.3. The highest BCUT2D eigenvalue weighted by atomic mass is 16.6. The molecule has 26 heavy (non-hydrogen) atoms. The molecule has 1 aliphatic heterocycles. The summed E-state index contributed by atoms with van der Waals surface area (Å²) in [5.74, 6) is 0.944. The molecule has 1 saturated heterocycles. The molecule has 138 valence electrons. The van der Waals surface area contributed by atoms with Crippen LogP contribution in [0.4, 0.5) is 23.0 Å². The predicted molar refractivity (Wildman–Crippen MR) is 101 cm³/mol. The van der Waals surface area contributed by atoms with E-state index in [0.717, 1.165) is 38.5 Å². The summed E-state index contributed by atoms with van der Waals surface area (Å²) >= 11 is 0. The number of nitrogens with one attached hydrogen (secondary N) is 1. The molecule has 0 spiro atoms. The zero-order valence-electron chi connectivity index (χ0n) is 14.8. The molecule has 2 heterocycles. The van der Waals surface area contributed by atoms with Crippen molar-refractivity contribution in [1.82, 2.24) is 9.88 Å². The first-order valence-electron chi connectivity index (χ1n) is 8.63. The van der Waals surface area contributed by atoms with Crippen LogP contribution in [0.5, 0.6) is 0 Å². The van der Waals surface area contributed by atoms with Gasteiger partial charge in [-0.1, -0.05) is 18.2 Å². The molecule has 1 fully saturated rings. The van der Waals surface area contributed by atoms with Crippen molar-refractivity contribution in [1.29, 1.82) is 0 Å². The van der Waals surface area contributed by atoms with Crippen LogP contribution < -0.4 is 10.2 Å². The average Bonchev–Trinajstić information content (AvgIpc) is 2.68. The monoisotopic (exact) mass is 357 g/mol. The van der Waals surface area contributed by atoms with Crippen LogP contribution in [-0.4, -0.2) is 61.2 Å². The van der Waals surface area contributed by atoms with E-state index in [9.17, 15) is 10.1 Å². The second-order valence-electron chi connectivity index (χ2n) is 6.07. The lowest BCUT2D eigenvalue weighted by Gasteiger charge is -2.26. The van der Waals surface area contributed by atoms with Crippen LogP contribution in [0.25, 0.3) is 0 Å². The average molecular weight is 357 g/mol. The molecule has 0 bridgehead atoms. The number of nitrogens with zero attached hydrogens (tertiary/aromatic N) is 4. The quantitative estimate of drug-likeness (QED) is 0.602. The number of benzene rings is 1. The zero-order valence-corrected chi connectivity index (χ0v) is 14.8. The van der Waals surface area contributed by atoms with Gasteiger partial charge in [0.05, 0.1) is 18.1 Å². The summed E-state index contributed by atoms with van der Waals surface area (Å²) in [6, 6.07) is 12.9. The van der Waals surface area contributed by atoms with Crippen molar-refractivity contribution < 1.29 is 9.66 Å². The maximum absolute atomic E-state index is 11.3. The largest absolute Gasteiger partial charge is 0.379 e. The topological polar surface area (TPSA) is 83.8 Å². The third-order valence-electron chi connectivity index (χ3n) is 4.37. The van der Waals surface area contributed by atoms with Crippen LogP contribution in [0.2, 0.25) is 0 Å². The van der Waals surface area contributed by atoms with E-state index in [1.165, 1.54) is 6.07 Å². The van der Waals surface area contributed by atoms with Crippen LogP contribution in [0.3, 0.4) is 0 Å². The fraction of sp³-hybridized carbons (Fsp3) is 0.389. The highest BCUT2D eigenvalue weighted by molar-refractivity contribution is 5.65. The van der Waals surface area contributed by atoms with Crippen molar-refractivity contribution in [2.24, 2.45) is 0 Å². The van der Waals surface area contributed by atoms with Crippen LogP contribution in [0, 0.1) is 10.1 Å². The molecule has 0 saturated carbocycles. The summed E-state index contributed by atoms with van der Waals surface area (Å²) in [6.07, 6.45) is 0. The molecule has 0 amide bonds. The Hall–Kier alpha value is -2.71. The van der Waals surface area contributed by atoms with Crippen molar-refractivity contribution in [3.63, 3.8) is 0 Å². The Labute approximate surface area is 152 Å². The summed E-state index contributed by atoms with van der Waals surface area (Å²) < 4.78 is 5.33. The van der Waals surface area contributed by atoms with Crippen LogP contribution in [-0.2, 0) is 4.74 Å². The van der Waals surface area contributed by atoms with Crippen LogP contribution in [0.15, 0.2) is 42.5 Å². The second-order valence-corrected chi connectivity index (χ2v) is 6.07. The van der Waals surface area contributed by atoms with Crippen LogP contribution in [0.1, 0.15) is 0 Å². The number of ether oxygens (including phenoxy) is 1. The van der Waals surface area contributed by atoms with Gasteiger partial charge in [-0.25, -0.2) is 4.98 Å². The minimum Gasteiger partial charge on any atom is -0.379 e. The van der Waals surface area contributed by atoms with Gasteiger partial charge in [-0.15, -0.1) is 0 Å². The molecular formula is C18H23N5O3. The maximum atomic E-state index is 11.3. The molecule has 8 heteroatoms. The van der Waals surface area contributed by atoms with E-state index in [0.29, 0.717) is 18.2 Å². The fourth-order valence-corrected chi connectivity index (χ4v) is 2.85. The number of pyridine rings is 1.